The molecule has 5 heteroatoms. The zero-order valence-corrected chi connectivity index (χ0v) is 11.2. The molecule has 0 aliphatic rings. The van der Waals surface area contributed by atoms with Crippen LogP contribution in [0.2, 0.25) is 0 Å². The zero-order valence-electron chi connectivity index (χ0n) is 11.2. The maximum Gasteiger partial charge on any atom is 0.267 e. The third-order valence-corrected chi connectivity index (χ3v) is 3.22. The van der Waals surface area contributed by atoms with Crippen molar-refractivity contribution in [3.63, 3.8) is 0 Å². The molecule has 1 aromatic heterocycles. The minimum atomic E-state index is -0.597. The molecule has 0 saturated carbocycles. The highest BCUT2D eigenvalue weighted by Crippen LogP contribution is 2.22. The highest BCUT2D eigenvalue weighted by molar-refractivity contribution is 5.86. The summed E-state index contributed by atoms with van der Waals surface area (Å²) in [5.41, 5.74) is 6.28. The number of carbonyl (C=O) groups is 1. The number of nitrogens with zero attached hydrogens (tertiary/aromatic N) is 2. The van der Waals surface area contributed by atoms with Crippen molar-refractivity contribution in [1.82, 2.24) is 9.78 Å². The van der Waals surface area contributed by atoms with E-state index in [9.17, 15) is 9.59 Å². The van der Waals surface area contributed by atoms with Crippen molar-refractivity contribution in [2.24, 2.45) is 5.73 Å². The first-order valence-electron chi connectivity index (χ1n) is 6.49. The topological polar surface area (TPSA) is 78.0 Å². The van der Waals surface area contributed by atoms with Crippen LogP contribution >= 0.6 is 0 Å². The minimum absolute atomic E-state index is 0.222. The fourth-order valence-corrected chi connectivity index (χ4v) is 2.21. The first-order valence-corrected chi connectivity index (χ1v) is 6.49. The number of carbonyl (C=O) groups excluding carboxylic acids is 1. The molecule has 0 aliphatic heterocycles. The van der Waals surface area contributed by atoms with Gasteiger partial charge in [0.25, 0.3) is 5.56 Å². The number of nitrogens with two attached hydrogens (primary N) is 1. The molecule has 1 amide bonds. The van der Waals surface area contributed by atoms with Crippen molar-refractivity contribution >= 4 is 16.7 Å². The Labute approximate surface area is 120 Å². The van der Waals surface area contributed by atoms with Gasteiger partial charge >= 0.3 is 0 Å². The normalized spacial score (nSPS) is 10.7. The molecule has 3 rings (SSSR count). The van der Waals surface area contributed by atoms with Gasteiger partial charge < -0.3 is 5.73 Å². The van der Waals surface area contributed by atoms with Crippen LogP contribution in [0.4, 0.5) is 0 Å². The van der Waals surface area contributed by atoms with Gasteiger partial charge in [-0.1, -0.05) is 36.4 Å². The number of rotatable bonds is 3. The summed E-state index contributed by atoms with van der Waals surface area (Å²) in [6.07, 6.45) is 0. The zero-order chi connectivity index (χ0) is 14.8. The summed E-state index contributed by atoms with van der Waals surface area (Å²) < 4.78 is 1.08. The van der Waals surface area contributed by atoms with Crippen molar-refractivity contribution < 1.29 is 4.79 Å². The van der Waals surface area contributed by atoms with Crippen LogP contribution in [0.15, 0.2) is 59.4 Å². The van der Waals surface area contributed by atoms with Gasteiger partial charge in [-0.05, 0) is 22.9 Å². The molecule has 3 aromatic rings. The van der Waals surface area contributed by atoms with Crippen LogP contribution in [0.5, 0.6) is 0 Å². The van der Waals surface area contributed by atoms with E-state index in [1.54, 1.807) is 6.07 Å². The SMILES string of the molecule is NC(=O)Cn1nc(-c2ccc3ccccc3c2)ccc1=O. The van der Waals surface area contributed by atoms with Gasteiger partial charge in [0.15, 0.2) is 0 Å². The molecule has 21 heavy (non-hydrogen) atoms. The van der Waals surface area contributed by atoms with Crippen molar-refractivity contribution in [3.8, 4) is 11.3 Å². The van der Waals surface area contributed by atoms with Crippen LogP contribution in [-0.2, 0) is 11.3 Å². The molecule has 0 radical (unpaired) electrons. The summed E-state index contributed by atoms with van der Waals surface area (Å²) in [7, 11) is 0. The number of fused-ring (bicyclic) bond motifs is 1. The highest BCUT2D eigenvalue weighted by Gasteiger charge is 2.06. The average Bonchev–Trinajstić information content (AvgIpc) is 2.48. The number of amides is 1. The fraction of sp³-hybridized carbons (Fsp3) is 0.0625. The molecule has 0 spiro atoms. The predicted octanol–water partition coefficient (Wildman–Crippen LogP) is 1.55. The van der Waals surface area contributed by atoms with E-state index in [1.807, 2.05) is 42.5 Å². The number of primary amides is 1. The summed E-state index contributed by atoms with van der Waals surface area (Å²) >= 11 is 0. The lowest BCUT2D eigenvalue weighted by molar-refractivity contribution is -0.118. The van der Waals surface area contributed by atoms with E-state index < -0.39 is 5.91 Å². The van der Waals surface area contributed by atoms with Gasteiger partial charge in [0, 0.05) is 11.6 Å². The van der Waals surface area contributed by atoms with E-state index in [2.05, 4.69) is 5.10 Å². The second kappa shape index (κ2) is 5.20. The van der Waals surface area contributed by atoms with Crippen molar-refractivity contribution in [2.75, 3.05) is 0 Å². The van der Waals surface area contributed by atoms with Crippen LogP contribution in [0.1, 0.15) is 0 Å². The van der Waals surface area contributed by atoms with E-state index >= 15 is 0 Å². The summed E-state index contributed by atoms with van der Waals surface area (Å²) in [4.78, 5) is 22.6. The van der Waals surface area contributed by atoms with E-state index in [-0.39, 0.29) is 12.1 Å². The van der Waals surface area contributed by atoms with Gasteiger partial charge in [-0.2, -0.15) is 5.10 Å². The molecule has 0 fully saturated rings. The number of aromatic nitrogens is 2. The fourth-order valence-electron chi connectivity index (χ4n) is 2.21. The van der Waals surface area contributed by atoms with E-state index in [4.69, 9.17) is 5.73 Å². The van der Waals surface area contributed by atoms with Gasteiger partial charge in [-0.3, -0.25) is 9.59 Å². The van der Waals surface area contributed by atoms with Gasteiger partial charge in [-0.15, -0.1) is 0 Å². The second-order valence-corrected chi connectivity index (χ2v) is 4.74. The average molecular weight is 279 g/mol. The molecule has 5 nitrogen and oxygen atoms in total. The van der Waals surface area contributed by atoms with Gasteiger partial charge in [-0.25, -0.2) is 4.68 Å². The summed E-state index contributed by atoms with van der Waals surface area (Å²) in [6, 6.07) is 16.9. The molecule has 0 unspecified atom stereocenters. The molecule has 0 atom stereocenters. The van der Waals surface area contributed by atoms with E-state index in [0.29, 0.717) is 5.69 Å². The molecule has 0 saturated heterocycles. The third-order valence-electron chi connectivity index (χ3n) is 3.22. The Morgan fingerprint density at radius 2 is 1.81 bits per heavy atom. The van der Waals surface area contributed by atoms with E-state index in [0.717, 1.165) is 21.0 Å². The Morgan fingerprint density at radius 3 is 2.57 bits per heavy atom. The van der Waals surface area contributed by atoms with Crippen LogP contribution < -0.4 is 11.3 Å². The number of benzene rings is 2. The van der Waals surface area contributed by atoms with Crippen LogP contribution in [0.25, 0.3) is 22.0 Å². The molecule has 2 N–H and O–H groups in total. The van der Waals surface area contributed by atoms with Gasteiger partial charge in [0.1, 0.15) is 6.54 Å². The maximum absolute atomic E-state index is 11.6. The van der Waals surface area contributed by atoms with Crippen molar-refractivity contribution in [2.45, 2.75) is 6.54 Å². The smallest absolute Gasteiger partial charge is 0.267 e. The lowest BCUT2D eigenvalue weighted by atomic mass is 10.1. The molecular formula is C16H13N3O2. The molecule has 0 aliphatic carbocycles. The van der Waals surface area contributed by atoms with Crippen molar-refractivity contribution in [1.29, 1.82) is 0 Å². The molecule has 0 bridgehead atoms. The standard InChI is InChI=1S/C16H13N3O2/c17-15(20)10-19-16(21)8-7-14(18-19)13-6-5-11-3-1-2-4-12(11)9-13/h1-9H,10H2,(H2,17,20). The summed E-state index contributed by atoms with van der Waals surface area (Å²) in [5.74, 6) is -0.597. The second-order valence-electron chi connectivity index (χ2n) is 4.74. The van der Waals surface area contributed by atoms with E-state index in [1.165, 1.54) is 6.07 Å². The Kier molecular flexibility index (Phi) is 3.23. The lowest BCUT2D eigenvalue weighted by Crippen LogP contribution is -2.29. The third kappa shape index (κ3) is 2.67. The Bertz CT molecular complexity index is 884. The summed E-state index contributed by atoms with van der Waals surface area (Å²) in [5, 5.41) is 6.41. The number of hydrogen-bond acceptors (Lipinski definition) is 3. The quantitative estimate of drug-likeness (QED) is 0.790. The van der Waals surface area contributed by atoms with Gasteiger partial charge in [0.2, 0.25) is 5.91 Å². The minimum Gasteiger partial charge on any atom is -0.368 e. The van der Waals surface area contributed by atoms with Crippen LogP contribution in [-0.4, -0.2) is 15.7 Å². The lowest BCUT2D eigenvalue weighted by Gasteiger charge is -2.06. The van der Waals surface area contributed by atoms with Gasteiger partial charge in [0.05, 0.1) is 5.69 Å². The first kappa shape index (κ1) is 13.1. The molecule has 2 aromatic carbocycles. The predicted molar refractivity (Wildman–Crippen MR) is 80.6 cm³/mol. The summed E-state index contributed by atoms with van der Waals surface area (Å²) in [6.45, 7) is -0.222. The Balaban J connectivity index is 2.09. The highest BCUT2D eigenvalue weighted by atomic mass is 16.2. The van der Waals surface area contributed by atoms with Crippen LogP contribution in [0, 0.1) is 0 Å². The monoisotopic (exact) mass is 279 g/mol. The Hall–Kier alpha value is -2.95. The maximum atomic E-state index is 11.6. The molecule has 104 valence electrons. The van der Waals surface area contributed by atoms with Crippen LogP contribution in [0.3, 0.4) is 0 Å². The molecular weight excluding hydrogens is 266 g/mol. The molecule has 1 heterocycles. The number of hydrogen-bond donors (Lipinski definition) is 1. The first-order chi connectivity index (χ1) is 10.1. The van der Waals surface area contributed by atoms with Crippen molar-refractivity contribution in [3.05, 3.63) is 65.0 Å². The Morgan fingerprint density at radius 1 is 1.05 bits per heavy atom. The largest absolute Gasteiger partial charge is 0.368 e.